The van der Waals surface area contributed by atoms with E-state index >= 15 is 0 Å². The average molecular weight is 207 g/mol. The van der Waals surface area contributed by atoms with Gasteiger partial charge in [-0.1, -0.05) is 6.07 Å². The summed E-state index contributed by atoms with van der Waals surface area (Å²) in [6, 6.07) is 3.15. The summed E-state index contributed by atoms with van der Waals surface area (Å²) >= 11 is 0. The highest BCUT2D eigenvalue weighted by Crippen LogP contribution is 2.26. The molecule has 1 heterocycles. The van der Waals surface area contributed by atoms with E-state index in [1.165, 1.54) is 6.07 Å². The van der Waals surface area contributed by atoms with Crippen LogP contribution < -0.4 is 5.32 Å². The predicted molar refractivity (Wildman–Crippen MR) is 56.8 cm³/mol. The van der Waals surface area contributed by atoms with E-state index in [-0.39, 0.29) is 5.82 Å². The van der Waals surface area contributed by atoms with E-state index in [1.54, 1.807) is 13.0 Å². The van der Waals surface area contributed by atoms with Crippen LogP contribution in [0.5, 0.6) is 0 Å². The molecule has 1 aromatic rings. The number of benzene rings is 1. The van der Waals surface area contributed by atoms with E-state index in [2.05, 4.69) is 5.32 Å². The van der Waals surface area contributed by atoms with Crippen LogP contribution in [0.4, 0.5) is 4.39 Å². The number of carbonyl (C=O) groups is 1. The van der Waals surface area contributed by atoms with E-state index in [0.717, 1.165) is 31.4 Å². The van der Waals surface area contributed by atoms with Crippen LogP contribution in [-0.2, 0) is 0 Å². The highest BCUT2D eigenvalue weighted by molar-refractivity contribution is 5.78. The van der Waals surface area contributed by atoms with Gasteiger partial charge in [0.25, 0.3) is 0 Å². The van der Waals surface area contributed by atoms with Crippen LogP contribution in [0.25, 0.3) is 0 Å². The molecule has 80 valence electrons. The molecule has 3 heteroatoms. The molecule has 0 amide bonds. The summed E-state index contributed by atoms with van der Waals surface area (Å²) in [6.07, 6.45) is 1.77. The van der Waals surface area contributed by atoms with Crippen LogP contribution in [0.15, 0.2) is 12.1 Å². The molecule has 1 aromatic carbocycles. The minimum Gasteiger partial charge on any atom is -0.316 e. The van der Waals surface area contributed by atoms with Crippen LogP contribution in [0.2, 0.25) is 0 Å². The van der Waals surface area contributed by atoms with Crippen molar-refractivity contribution in [1.82, 2.24) is 5.32 Å². The maximum Gasteiger partial charge on any atom is 0.150 e. The topological polar surface area (TPSA) is 29.1 Å². The minimum absolute atomic E-state index is 0.299. The standard InChI is InChI=1S/C12H14FNO/c1-8-4-11(9-2-3-14-6-9)10(7-15)5-12(8)13/h4-5,7,9,14H,2-3,6H2,1H3. The molecule has 2 rings (SSSR count). The molecule has 1 fully saturated rings. The van der Waals surface area contributed by atoms with Crippen molar-refractivity contribution < 1.29 is 9.18 Å². The minimum atomic E-state index is -0.299. The Morgan fingerprint density at radius 3 is 2.93 bits per heavy atom. The van der Waals surface area contributed by atoms with Gasteiger partial charge in [-0.3, -0.25) is 4.79 Å². The highest BCUT2D eigenvalue weighted by atomic mass is 19.1. The fraction of sp³-hybridized carbons (Fsp3) is 0.417. The summed E-state index contributed by atoms with van der Waals surface area (Å²) in [5.41, 5.74) is 2.09. The Hall–Kier alpha value is -1.22. The fourth-order valence-electron chi connectivity index (χ4n) is 2.09. The zero-order valence-corrected chi connectivity index (χ0v) is 8.72. The van der Waals surface area contributed by atoms with Crippen LogP contribution in [0, 0.1) is 12.7 Å². The van der Waals surface area contributed by atoms with Gasteiger partial charge >= 0.3 is 0 Å². The lowest BCUT2D eigenvalue weighted by Gasteiger charge is -2.12. The van der Waals surface area contributed by atoms with Gasteiger partial charge < -0.3 is 5.32 Å². The van der Waals surface area contributed by atoms with Gasteiger partial charge in [-0.15, -0.1) is 0 Å². The number of nitrogens with one attached hydrogen (secondary N) is 1. The first-order valence-corrected chi connectivity index (χ1v) is 5.18. The summed E-state index contributed by atoms with van der Waals surface area (Å²) in [5.74, 6) is 0.0521. The molecule has 0 saturated carbocycles. The normalized spacial score (nSPS) is 20.5. The number of aldehydes is 1. The summed E-state index contributed by atoms with van der Waals surface area (Å²) in [4.78, 5) is 10.9. The molecule has 15 heavy (non-hydrogen) atoms. The second kappa shape index (κ2) is 4.11. The molecule has 1 aliphatic rings. The number of rotatable bonds is 2. The molecular formula is C12H14FNO. The predicted octanol–water partition coefficient (Wildman–Crippen LogP) is 2.02. The quantitative estimate of drug-likeness (QED) is 0.752. The Morgan fingerprint density at radius 1 is 1.53 bits per heavy atom. The van der Waals surface area contributed by atoms with Crippen molar-refractivity contribution >= 4 is 6.29 Å². The van der Waals surface area contributed by atoms with E-state index in [9.17, 15) is 9.18 Å². The number of hydrogen-bond donors (Lipinski definition) is 1. The lowest BCUT2D eigenvalue weighted by Crippen LogP contribution is -2.10. The van der Waals surface area contributed by atoms with Gasteiger partial charge in [0.05, 0.1) is 0 Å². The molecule has 0 spiro atoms. The second-order valence-electron chi connectivity index (χ2n) is 4.04. The third kappa shape index (κ3) is 1.92. The van der Waals surface area contributed by atoms with Gasteiger partial charge in [0.1, 0.15) is 12.1 Å². The van der Waals surface area contributed by atoms with Gasteiger partial charge in [0, 0.05) is 12.1 Å². The van der Waals surface area contributed by atoms with E-state index < -0.39 is 0 Å². The smallest absolute Gasteiger partial charge is 0.150 e. The Kier molecular flexibility index (Phi) is 2.82. The molecule has 0 bridgehead atoms. The van der Waals surface area contributed by atoms with Gasteiger partial charge in [0.15, 0.2) is 0 Å². The fourth-order valence-corrected chi connectivity index (χ4v) is 2.09. The lowest BCUT2D eigenvalue weighted by molar-refractivity contribution is 0.112. The summed E-state index contributed by atoms with van der Waals surface area (Å²) in [5, 5.41) is 3.25. The molecule has 1 N–H and O–H groups in total. The highest BCUT2D eigenvalue weighted by Gasteiger charge is 2.20. The van der Waals surface area contributed by atoms with Crippen molar-refractivity contribution in [3.63, 3.8) is 0 Å². The average Bonchev–Trinajstić information content (AvgIpc) is 2.74. The number of aryl methyl sites for hydroxylation is 1. The van der Waals surface area contributed by atoms with Gasteiger partial charge in [-0.25, -0.2) is 4.39 Å². The molecule has 0 radical (unpaired) electrons. The van der Waals surface area contributed by atoms with Gasteiger partial charge in [0.2, 0.25) is 0 Å². The molecule has 1 unspecified atom stereocenters. The van der Waals surface area contributed by atoms with E-state index in [1.807, 2.05) is 0 Å². The van der Waals surface area contributed by atoms with Crippen LogP contribution in [0.3, 0.4) is 0 Å². The molecule has 1 aliphatic heterocycles. The zero-order valence-electron chi connectivity index (χ0n) is 8.72. The van der Waals surface area contributed by atoms with Crippen molar-refractivity contribution in [1.29, 1.82) is 0 Å². The number of halogens is 1. The molecular weight excluding hydrogens is 193 g/mol. The second-order valence-corrected chi connectivity index (χ2v) is 4.04. The third-order valence-corrected chi connectivity index (χ3v) is 2.99. The molecule has 0 aromatic heterocycles. The molecule has 1 atom stereocenters. The van der Waals surface area contributed by atoms with Gasteiger partial charge in [-0.2, -0.15) is 0 Å². The third-order valence-electron chi connectivity index (χ3n) is 2.99. The van der Waals surface area contributed by atoms with Crippen LogP contribution >= 0.6 is 0 Å². The Bertz CT molecular complexity index is 383. The first-order valence-electron chi connectivity index (χ1n) is 5.18. The first-order chi connectivity index (χ1) is 7.22. The summed E-state index contributed by atoms with van der Waals surface area (Å²) in [6.45, 7) is 3.58. The Labute approximate surface area is 88.5 Å². The van der Waals surface area contributed by atoms with Crippen LogP contribution in [-0.4, -0.2) is 19.4 Å². The summed E-state index contributed by atoms with van der Waals surface area (Å²) in [7, 11) is 0. The maximum atomic E-state index is 13.3. The monoisotopic (exact) mass is 207 g/mol. The van der Waals surface area contributed by atoms with E-state index in [0.29, 0.717) is 17.0 Å². The van der Waals surface area contributed by atoms with Crippen molar-refractivity contribution in [2.45, 2.75) is 19.3 Å². The SMILES string of the molecule is Cc1cc(C2CCNC2)c(C=O)cc1F. The van der Waals surface area contributed by atoms with Crippen molar-refractivity contribution in [3.05, 3.63) is 34.6 Å². The number of hydrogen-bond acceptors (Lipinski definition) is 2. The molecule has 1 saturated heterocycles. The Morgan fingerprint density at radius 2 is 2.33 bits per heavy atom. The van der Waals surface area contributed by atoms with Crippen molar-refractivity contribution in [3.8, 4) is 0 Å². The van der Waals surface area contributed by atoms with Crippen molar-refractivity contribution in [2.75, 3.05) is 13.1 Å². The van der Waals surface area contributed by atoms with Crippen molar-refractivity contribution in [2.24, 2.45) is 0 Å². The van der Waals surface area contributed by atoms with E-state index in [4.69, 9.17) is 0 Å². The maximum absolute atomic E-state index is 13.3. The molecule has 2 nitrogen and oxygen atoms in total. The lowest BCUT2D eigenvalue weighted by atomic mass is 9.92. The molecule has 0 aliphatic carbocycles. The zero-order chi connectivity index (χ0) is 10.8. The first kappa shape index (κ1) is 10.3. The number of carbonyl (C=O) groups excluding carboxylic acids is 1. The summed E-state index contributed by atoms with van der Waals surface area (Å²) < 4.78 is 13.3. The van der Waals surface area contributed by atoms with Crippen LogP contribution in [0.1, 0.15) is 33.8 Å². The largest absolute Gasteiger partial charge is 0.316 e. The Balaban J connectivity index is 2.43. The van der Waals surface area contributed by atoms with Gasteiger partial charge in [-0.05, 0) is 43.0 Å².